The number of pyridine rings is 1. The molecule has 1 atom stereocenters. The zero-order valence-corrected chi connectivity index (χ0v) is 16.3. The van der Waals surface area contributed by atoms with Gasteiger partial charge >= 0.3 is 0 Å². The van der Waals surface area contributed by atoms with Crippen molar-refractivity contribution in [1.82, 2.24) is 20.1 Å². The maximum Gasteiger partial charge on any atom is 0.269 e. The summed E-state index contributed by atoms with van der Waals surface area (Å²) in [5.74, 6) is -0.549. The van der Waals surface area contributed by atoms with Gasteiger partial charge in [-0.3, -0.25) is 14.6 Å². The molecule has 2 rings (SSSR count). The van der Waals surface area contributed by atoms with E-state index in [-0.39, 0.29) is 35.1 Å². The van der Waals surface area contributed by atoms with Gasteiger partial charge in [-0.25, -0.2) is 8.42 Å². The van der Waals surface area contributed by atoms with Crippen LogP contribution in [0, 0.1) is 0 Å². The minimum atomic E-state index is -3.07. The number of carbonyl (C=O) groups is 2. The largest absolute Gasteiger partial charge is 0.351 e. The van der Waals surface area contributed by atoms with Crippen molar-refractivity contribution in [2.75, 3.05) is 45.7 Å². The Morgan fingerprint density at radius 3 is 2.65 bits per heavy atom. The summed E-state index contributed by atoms with van der Waals surface area (Å²) in [5.41, 5.74) is 0.499. The van der Waals surface area contributed by atoms with Crippen LogP contribution in [0.2, 0.25) is 0 Å². The molecule has 1 aromatic heterocycles. The molecule has 0 radical (unpaired) electrons. The molecule has 1 N–H and O–H groups in total. The lowest BCUT2D eigenvalue weighted by Crippen LogP contribution is -2.38. The number of amides is 2. The van der Waals surface area contributed by atoms with Crippen LogP contribution in [0.15, 0.2) is 18.3 Å². The Bertz CT molecular complexity index is 764. The molecule has 0 aliphatic carbocycles. The first-order chi connectivity index (χ1) is 12.2. The van der Waals surface area contributed by atoms with E-state index >= 15 is 0 Å². The predicted molar refractivity (Wildman–Crippen MR) is 98.9 cm³/mol. The van der Waals surface area contributed by atoms with Gasteiger partial charge in [-0.05, 0) is 45.6 Å². The SMILES string of the molecule is CN(C)CCCNC(=O)c1cc(C(=O)N(C)C2CCS(=O)(=O)C2)ccn1. The number of nitrogens with zero attached hydrogens (tertiary/aromatic N) is 3. The van der Waals surface area contributed by atoms with Crippen LogP contribution < -0.4 is 5.32 Å². The molecule has 0 saturated carbocycles. The van der Waals surface area contributed by atoms with E-state index in [0.717, 1.165) is 13.0 Å². The second-order valence-electron chi connectivity index (χ2n) is 6.82. The van der Waals surface area contributed by atoms with Crippen molar-refractivity contribution in [3.63, 3.8) is 0 Å². The highest BCUT2D eigenvalue weighted by molar-refractivity contribution is 7.91. The molecule has 0 aromatic carbocycles. The Hall–Kier alpha value is -2.00. The first-order valence-electron chi connectivity index (χ1n) is 8.56. The molecule has 1 aliphatic rings. The van der Waals surface area contributed by atoms with E-state index in [9.17, 15) is 18.0 Å². The van der Waals surface area contributed by atoms with Crippen LogP contribution in [-0.2, 0) is 9.84 Å². The normalized spacial score (nSPS) is 18.7. The molecule has 1 aliphatic heterocycles. The summed E-state index contributed by atoms with van der Waals surface area (Å²) in [7, 11) is 2.45. The number of aromatic nitrogens is 1. The van der Waals surface area contributed by atoms with Crippen LogP contribution in [0.3, 0.4) is 0 Å². The maximum atomic E-state index is 12.6. The van der Waals surface area contributed by atoms with Crippen molar-refractivity contribution in [2.45, 2.75) is 18.9 Å². The van der Waals surface area contributed by atoms with E-state index in [1.807, 2.05) is 19.0 Å². The first kappa shape index (κ1) is 20.3. The summed E-state index contributed by atoms with van der Waals surface area (Å²) >= 11 is 0. The number of sulfone groups is 1. The summed E-state index contributed by atoms with van der Waals surface area (Å²) in [5, 5.41) is 2.78. The summed E-state index contributed by atoms with van der Waals surface area (Å²) in [6.45, 7) is 1.39. The second kappa shape index (κ2) is 8.59. The lowest BCUT2D eigenvalue weighted by molar-refractivity contribution is 0.0747. The minimum absolute atomic E-state index is 0.0143. The number of hydrogen-bond donors (Lipinski definition) is 1. The molecule has 8 nitrogen and oxygen atoms in total. The van der Waals surface area contributed by atoms with Crippen molar-refractivity contribution >= 4 is 21.7 Å². The number of hydrogen-bond acceptors (Lipinski definition) is 6. The van der Waals surface area contributed by atoms with Gasteiger partial charge in [0.05, 0.1) is 11.5 Å². The van der Waals surface area contributed by atoms with Crippen LogP contribution in [0.5, 0.6) is 0 Å². The molecule has 1 saturated heterocycles. The number of rotatable bonds is 7. The Kier molecular flexibility index (Phi) is 6.71. The molecule has 0 bridgehead atoms. The fourth-order valence-corrected chi connectivity index (χ4v) is 4.60. The van der Waals surface area contributed by atoms with E-state index in [2.05, 4.69) is 10.3 Å². The summed E-state index contributed by atoms with van der Waals surface area (Å²) in [4.78, 5) is 32.3. The third-order valence-corrected chi connectivity index (χ3v) is 6.13. The van der Waals surface area contributed by atoms with Crippen molar-refractivity contribution < 1.29 is 18.0 Å². The highest BCUT2D eigenvalue weighted by atomic mass is 32.2. The molecule has 0 spiro atoms. The lowest BCUT2D eigenvalue weighted by Gasteiger charge is -2.23. The van der Waals surface area contributed by atoms with E-state index in [1.54, 1.807) is 7.05 Å². The van der Waals surface area contributed by atoms with E-state index in [0.29, 0.717) is 18.5 Å². The molecule has 1 unspecified atom stereocenters. The van der Waals surface area contributed by atoms with Crippen molar-refractivity contribution in [1.29, 1.82) is 0 Å². The molecular formula is C17H26N4O4S. The molecule has 2 amide bonds. The first-order valence-corrected chi connectivity index (χ1v) is 10.4. The van der Waals surface area contributed by atoms with Gasteiger partial charge in [0.1, 0.15) is 5.69 Å². The molecule has 1 fully saturated rings. The fraction of sp³-hybridized carbons (Fsp3) is 0.588. The number of nitrogens with one attached hydrogen (secondary N) is 1. The van der Waals surface area contributed by atoms with Gasteiger partial charge in [0, 0.05) is 31.4 Å². The second-order valence-corrected chi connectivity index (χ2v) is 9.04. The van der Waals surface area contributed by atoms with Crippen molar-refractivity contribution in [3.8, 4) is 0 Å². The van der Waals surface area contributed by atoms with E-state index < -0.39 is 9.84 Å². The maximum absolute atomic E-state index is 12.6. The minimum Gasteiger partial charge on any atom is -0.351 e. The van der Waals surface area contributed by atoms with Crippen LogP contribution in [-0.4, -0.2) is 86.8 Å². The zero-order valence-electron chi connectivity index (χ0n) is 15.4. The van der Waals surface area contributed by atoms with Gasteiger partial charge < -0.3 is 15.1 Å². The monoisotopic (exact) mass is 382 g/mol. The summed E-state index contributed by atoms with van der Waals surface area (Å²) in [6.07, 6.45) is 2.67. The molecule has 144 valence electrons. The fourth-order valence-electron chi connectivity index (χ4n) is 2.83. The molecule has 9 heteroatoms. The van der Waals surface area contributed by atoms with Gasteiger partial charge in [-0.1, -0.05) is 0 Å². The van der Waals surface area contributed by atoms with Gasteiger partial charge in [-0.15, -0.1) is 0 Å². The van der Waals surface area contributed by atoms with Gasteiger partial charge in [0.2, 0.25) is 0 Å². The van der Waals surface area contributed by atoms with Crippen LogP contribution in [0.4, 0.5) is 0 Å². The Morgan fingerprint density at radius 2 is 2.04 bits per heavy atom. The molecular weight excluding hydrogens is 356 g/mol. The summed E-state index contributed by atoms with van der Waals surface area (Å²) in [6, 6.07) is 2.65. The molecule has 26 heavy (non-hydrogen) atoms. The third kappa shape index (κ3) is 5.50. The van der Waals surface area contributed by atoms with Crippen LogP contribution in [0.1, 0.15) is 33.7 Å². The van der Waals surface area contributed by atoms with E-state index in [4.69, 9.17) is 0 Å². The van der Waals surface area contributed by atoms with Crippen molar-refractivity contribution in [2.24, 2.45) is 0 Å². The van der Waals surface area contributed by atoms with E-state index in [1.165, 1.54) is 23.2 Å². The quantitative estimate of drug-likeness (QED) is 0.668. The highest BCUT2D eigenvalue weighted by Gasteiger charge is 2.33. The van der Waals surface area contributed by atoms with Crippen LogP contribution >= 0.6 is 0 Å². The Balaban J connectivity index is 1.99. The molecule has 1 aromatic rings. The third-order valence-electron chi connectivity index (χ3n) is 4.38. The highest BCUT2D eigenvalue weighted by Crippen LogP contribution is 2.18. The van der Waals surface area contributed by atoms with Gasteiger partial charge in [-0.2, -0.15) is 0 Å². The number of carbonyl (C=O) groups excluding carboxylic acids is 2. The zero-order chi connectivity index (χ0) is 19.3. The Labute approximate surface area is 154 Å². The van der Waals surface area contributed by atoms with Gasteiger partial charge in [0.15, 0.2) is 9.84 Å². The predicted octanol–water partition coefficient (Wildman–Crippen LogP) is 0.0222. The van der Waals surface area contributed by atoms with Crippen molar-refractivity contribution in [3.05, 3.63) is 29.6 Å². The smallest absolute Gasteiger partial charge is 0.269 e. The van der Waals surface area contributed by atoms with Gasteiger partial charge in [0.25, 0.3) is 11.8 Å². The standard InChI is InChI=1S/C17H26N4O4S/c1-20(2)9-4-7-19-16(22)15-11-13(5-8-18-15)17(23)21(3)14-6-10-26(24,25)12-14/h5,8,11,14H,4,6-7,9-10,12H2,1-3H3,(H,19,22). The average molecular weight is 382 g/mol. The summed E-state index contributed by atoms with van der Waals surface area (Å²) < 4.78 is 23.2. The Morgan fingerprint density at radius 1 is 1.31 bits per heavy atom. The average Bonchev–Trinajstić information content (AvgIpc) is 2.97. The van der Waals surface area contributed by atoms with Crippen LogP contribution in [0.25, 0.3) is 0 Å². The lowest BCUT2D eigenvalue weighted by atomic mass is 10.1. The molecule has 2 heterocycles. The topological polar surface area (TPSA) is 99.7 Å².